The zero-order valence-corrected chi connectivity index (χ0v) is 14.3. The van der Waals surface area contributed by atoms with Crippen molar-refractivity contribution in [1.82, 2.24) is 9.88 Å². The fourth-order valence-electron chi connectivity index (χ4n) is 2.65. The SMILES string of the molecule is O=C(CNCC1CC1)Cc1ccc(=O)n(Cc2ccccc2Cl)c1. The Kier molecular flexibility index (Phi) is 5.48. The van der Waals surface area contributed by atoms with Crippen LogP contribution in [0.3, 0.4) is 0 Å². The highest BCUT2D eigenvalue weighted by molar-refractivity contribution is 6.31. The third-order valence-corrected chi connectivity index (χ3v) is 4.57. The van der Waals surface area contributed by atoms with Gasteiger partial charge in [0.2, 0.25) is 0 Å². The van der Waals surface area contributed by atoms with E-state index in [1.165, 1.54) is 18.9 Å². The molecular formula is C19H21ClN2O2. The number of ketones is 1. The molecule has 5 heteroatoms. The molecule has 1 aliphatic carbocycles. The van der Waals surface area contributed by atoms with Gasteiger partial charge in [0.15, 0.2) is 5.78 Å². The molecule has 0 aliphatic heterocycles. The van der Waals surface area contributed by atoms with Crippen LogP contribution >= 0.6 is 11.6 Å². The minimum atomic E-state index is -0.0991. The van der Waals surface area contributed by atoms with Crippen molar-refractivity contribution in [2.45, 2.75) is 25.8 Å². The molecule has 0 radical (unpaired) electrons. The summed E-state index contributed by atoms with van der Waals surface area (Å²) in [5.41, 5.74) is 1.63. The van der Waals surface area contributed by atoms with Crippen molar-refractivity contribution in [3.8, 4) is 0 Å². The van der Waals surface area contributed by atoms with Crippen LogP contribution in [0.2, 0.25) is 5.02 Å². The Morgan fingerprint density at radius 2 is 2.00 bits per heavy atom. The maximum atomic E-state index is 12.1. The van der Waals surface area contributed by atoms with Crippen LogP contribution in [0.5, 0.6) is 0 Å². The van der Waals surface area contributed by atoms with Crippen LogP contribution < -0.4 is 10.9 Å². The number of hydrogen-bond donors (Lipinski definition) is 1. The third-order valence-electron chi connectivity index (χ3n) is 4.20. The number of carbonyl (C=O) groups excluding carboxylic acids is 1. The van der Waals surface area contributed by atoms with Crippen molar-refractivity contribution >= 4 is 17.4 Å². The first kappa shape index (κ1) is 16.9. The van der Waals surface area contributed by atoms with Crippen molar-refractivity contribution in [2.24, 2.45) is 5.92 Å². The second-order valence-electron chi connectivity index (χ2n) is 6.38. The lowest BCUT2D eigenvalue weighted by Gasteiger charge is -2.10. The lowest BCUT2D eigenvalue weighted by molar-refractivity contribution is -0.117. The summed E-state index contributed by atoms with van der Waals surface area (Å²) in [5, 5.41) is 3.84. The van der Waals surface area contributed by atoms with Crippen LogP contribution in [0.15, 0.2) is 47.4 Å². The number of benzene rings is 1. The van der Waals surface area contributed by atoms with Gasteiger partial charge in [-0.2, -0.15) is 0 Å². The first-order valence-electron chi connectivity index (χ1n) is 8.27. The third kappa shape index (κ3) is 4.79. The Labute approximate surface area is 146 Å². The zero-order chi connectivity index (χ0) is 16.9. The number of rotatable bonds is 8. The molecule has 2 aromatic rings. The maximum absolute atomic E-state index is 12.1. The lowest BCUT2D eigenvalue weighted by Crippen LogP contribution is -2.27. The minimum Gasteiger partial charge on any atom is -0.311 e. The average Bonchev–Trinajstić information content (AvgIpc) is 3.37. The lowest BCUT2D eigenvalue weighted by atomic mass is 10.1. The van der Waals surface area contributed by atoms with Crippen molar-refractivity contribution < 1.29 is 4.79 Å². The Hall–Kier alpha value is -1.91. The first-order valence-corrected chi connectivity index (χ1v) is 8.65. The highest BCUT2D eigenvalue weighted by atomic mass is 35.5. The number of pyridine rings is 1. The molecule has 126 valence electrons. The molecule has 1 aliphatic rings. The largest absolute Gasteiger partial charge is 0.311 e. The van der Waals surface area contributed by atoms with E-state index in [4.69, 9.17) is 11.6 Å². The van der Waals surface area contributed by atoms with E-state index in [2.05, 4.69) is 5.32 Å². The molecule has 24 heavy (non-hydrogen) atoms. The monoisotopic (exact) mass is 344 g/mol. The predicted octanol–water partition coefficient (Wildman–Crippen LogP) is 2.66. The Bertz CT molecular complexity index is 781. The van der Waals surface area contributed by atoms with Crippen LogP contribution in [-0.2, 0) is 17.8 Å². The summed E-state index contributed by atoms with van der Waals surface area (Å²) >= 11 is 6.16. The topological polar surface area (TPSA) is 51.1 Å². The smallest absolute Gasteiger partial charge is 0.250 e. The number of hydrogen-bond acceptors (Lipinski definition) is 3. The van der Waals surface area contributed by atoms with E-state index in [1.54, 1.807) is 22.9 Å². The molecule has 1 heterocycles. The van der Waals surface area contributed by atoms with Gasteiger partial charge in [0.25, 0.3) is 5.56 Å². The Balaban J connectivity index is 1.63. The average molecular weight is 345 g/mol. The van der Waals surface area contributed by atoms with Crippen LogP contribution in [0.4, 0.5) is 0 Å². The van der Waals surface area contributed by atoms with Crippen LogP contribution in [0.1, 0.15) is 24.0 Å². The Morgan fingerprint density at radius 1 is 1.21 bits per heavy atom. The fraction of sp³-hybridized carbons (Fsp3) is 0.368. The number of Topliss-reactive ketones (excluding diaryl/α,β-unsaturated/α-hetero) is 1. The predicted molar refractivity (Wildman–Crippen MR) is 95.6 cm³/mol. The summed E-state index contributed by atoms with van der Waals surface area (Å²) in [6.45, 7) is 1.72. The van der Waals surface area contributed by atoms with Crippen molar-refractivity contribution in [1.29, 1.82) is 0 Å². The molecule has 0 spiro atoms. The van der Waals surface area contributed by atoms with E-state index in [9.17, 15) is 9.59 Å². The van der Waals surface area contributed by atoms with E-state index in [0.29, 0.717) is 24.5 Å². The molecule has 0 bridgehead atoms. The summed E-state index contributed by atoms with van der Waals surface area (Å²) in [6, 6.07) is 10.7. The molecular weight excluding hydrogens is 324 g/mol. The van der Waals surface area contributed by atoms with Gasteiger partial charge in [-0.25, -0.2) is 0 Å². The molecule has 1 saturated carbocycles. The van der Waals surface area contributed by atoms with Gasteiger partial charge in [0.1, 0.15) is 0 Å². The zero-order valence-electron chi connectivity index (χ0n) is 13.5. The highest BCUT2D eigenvalue weighted by Gasteiger charge is 2.20. The maximum Gasteiger partial charge on any atom is 0.250 e. The molecule has 0 amide bonds. The molecule has 1 aromatic carbocycles. The van der Waals surface area contributed by atoms with Crippen LogP contribution in [0.25, 0.3) is 0 Å². The second-order valence-corrected chi connectivity index (χ2v) is 6.79. The van der Waals surface area contributed by atoms with Crippen molar-refractivity contribution in [3.63, 3.8) is 0 Å². The van der Waals surface area contributed by atoms with Gasteiger partial charge in [-0.15, -0.1) is 0 Å². The highest BCUT2D eigenvalue weighted by Crippen LogP contribution is 2.27. The summed E-state index contributed by atoms with van der Waals surface area (Å²) in [4.78, 5) is 24.1. The summed E-state index contributed by atoms with van der Waals surface area (Å²) in [5.74, 6) is 0.897. The van der Waals surface area contributed by atoms with E-state index in [-0.39, 0.29) is 11.3 Å². The first-order chi connectivity index (χ1) is 11.6. The molecule has 0 unspecified atom stereocenters. The van der Waals surface area contributed by atoms with Gasteiger partial charge in [-0.1, -0.05) is 35.9 Å². The minimum absolute atomic E-state index is 0.0991. The van der Waals surface area contributed by atoms with Gasteiger partial charge in [0, 0.05) is 23.7 Å². The number of nitrogens with zero attached hydrogens (tertiary/aromatic N) is 1. The van der Waals surface area contributed by atoms with E-state index in [1.807, 2.05) is 18.2 Å². The summed E-state index contributed by atoms with van der Waals surface area (Å²) < 4.78 is 1.60. The molecule has 4 nitrogen and oxygen atoms in total. The molecule has 1 aromatic heterocycles. The normalized spacial score (nSPS) is 13.9. The molecule has 1 fully saturated rings. The molecule has 3 rings (SSSR count). The summed E-state index contributed by atoms with van der Waals surface area (Å²) in [6.07, 6.45) is 4.63. The van der Waals surface area contributed by atoms with Crippen molar-refractivity contribution in [3.05, 3.63) is 69.1 Å². The van der Waals surface area contributed by atoms with Crippen LogP contribution in [0, 0.1) is 5.92 Å². The standard InChI is InChI=1S/C19H21ClN2O2/c20-18-4-2-1-3-16(18)13-22-12-15(7-8-19(22)24)9-17(23)11-21-10-14-5-6-14/h1-4,7-8,12,14,21H,5-6,9-11,13H2. The van der Waals surface area contributed by atoms with Crippen molar-refractivity contribution in [2.75, 3.05) is 13.1 Å². The Morgan fingerprint density at radius 3 is 2.75 bits per heavy atom. The van der Waals surface area contributed by atoms with E-state index in [0.717, 1.165) is 23.6 Å². The van der Waals surface area contributed by atoms with Gasteiger partial charge in [-0.3, -0.25) is 9.59 Å². The fourth-order valence-corrected chi connectivity index (χ4v) is 2.84. The number of aromatic nitrogens is 1. The van der Waals surface area contributed by atoms with Gasteiger partial charge < -0.3 is 9.88 Å². The van der Waals surface area contributed by atoms with Crippen LogP contribution in [-0.4, -0.2) is 23.4 Å². The number of halogens is 1. The molecule has 0 atom stereocenters. The summed E-state index contributed by atoms with van der Waals surface area (Å²) in [7, 11) is 0. The second kappa shape index (κ2) is 7.77. The van der Waals surface area contributed by atoms with E-state index < -0.39 is 0 Å². The van der Waals surface area contributed by atoms with E-state index >= 15 is 0 Å². The van der Waals surface area contributed by atoms with Gasteiger partial charge in [-0.05, 0) is 42.5 Å². The number of nitrogens with one attached hydrogen (secondary N) is 1. The molecule has 0 saturated heterocycles. The van der Waals surface area contributed by atoms with Gasteiger partial charge >= 0.3 is 0 Å². The van der Waals surface area contributed by atoms with Gasteiger partial charge in [0.05, 0.1) is 13.1 Å². The number of carbonyl (C=O) groups is 1. The quantitative estimate of drug-likeness (QED) is 0.801. The molecule has 1 N–H and O–H groups in total.